The maximum Gasteiger partial charge on any atom is 0.225 e. The maximum atomic E-state index is 12.3. The summed E-state index contributed by atoms with van der Waals surface area (Å²) >= 11 is 5.99. The molecule has 140 valence electrons. The Hall–Kier alpha value is -2.59. The van der Waals surface area contributed by atoms with Crippen molar-refractivity contribution < 1.29 is 4.79 Å². The van der Waals surface area contributed by atoms with Gasteiger partial charge in [0, 0.05) is 23.1 Å². The van der Waals surface area contributed by atoms with Crippen molar-refractivity contribution in [3.63, 3.8) is 0 Å². The smallest absolute Gasteiger partial charge is 0.225 e. The zero-order valence-corrected chi connectivity index (χ0v) is 16.5. The summed E-state index contributed by atoms with van der Waals surface area (Å²) in [7, 11) is 0. The summed E-state index contributed by atoms with van der Waals surface area (Å²) in [5, 5.41) is 8.42. The minimum absolute atomic E-state index is 0.0133. The van der Waals surface area contributed by atoms with Crippen LogP contribution in [0.1, 0.15) is 38.2 Å². The highest BCUT2D eigenvalue weighted by atomic mass is 35.5. The molecule has 5 heteroatoms. The van der Waals surface area contributed by atoms with Crippen LogP contribution in [0.15, 0.2) is 54.6 Å². The van der Waals surface area contributed by atoms with E-state index in [0.29, 0.717) is 17.3 Å². The van der Waals surface area contributed by atoms with E-state index in [1.165, 1.54) is 5.56 Å². The number of carbonyl (C=O) groups is 1. The van der Waals surface area contributed by atoms with Gasteiger partial charge in [-0.25, -0.2) is 4.68 Å². The molecule has 0 aliphatic carbocycles. The van der Waals surface area contributed by atoms with E-state index in [1.54, 1.807) is 4.68 Å². The fourth-order valence-electron chi connectivity index (χ4n) is 2.86. The summed E-state index contributed by atoms with van der Waals surface area (Å²) in [5.41, 5.74) is 3.82. The monoisotopic (exact) mass is 381 g/mol. The van der Waals surface area contributed by atoms with Gasteiger partial charge < -0.3 is 5.32 Å². The first-order valence-corrected chi connectivity index (χ1v) is 9.67. The van der Waals surface area contributed by atoms with Gasteiger partial charge in [0.15, 0.2) is 0 Å². The molecule has 2 aromatic carbocycles. The molecule has 3 aromatic rings. The molecule has 0 saturated carbocycles. The molecular formula is C22H24ClN3O. The Bertz CT molecular complexity index is 898. The fourth-order valence-corrected chi connectivity index (χ4v) is 2.98. The van der Waals surface area contributed by atoms with Gasteiger partial charge in [0.1, 0.15) is 5.82 Å². The van der Waals surface area contributed by atoms with Crippen LogP contribution < -0.4 is 5.32 Å². The molecule has 1 aromatic heterocycles. The minimum atomic E-state index is 0.0133. The van der Waals surface area contributed by atoms with Crippen molar-refractivity contribution in [2.45, 2.75) is 39.5 Å². The number of aryl methyl sites for hydroxylation is 1. The summed E-state index contributed by atoms with van der Waals surface area (Å²) in [6.45, 7) is 4.17. The Balaban J connectivity index is 1.92. The van der Waals surface area contributed by atoms with Crippen LogP contribution in [0.25, 0.3) is 16.9 Å². The molecule has 1 amide bonds. The van der Waals surface area contributed by atoms with Gasteiger partial charge in [0.05, 0.1) is 11.4 Å². The molecule has 0 atom stereocenters. The van der Waals surface area contributed by atoms with E-state index < -0.39 is 0 Å². The van der Waals surface area contributed by atoms with Gasteiger partial charge in [0.25, 0.3) is 0 Å². The highest BCUT2D eigenvalue weighted by Crippen LogP contribution is 2.26. The molecule has 0 radical (unpaired) electrons. The van der Waals surface area contributed by atoms with Crippen molar-refractivity contribution in [2.75, 3.05) is 5.32 Å². The molecule has 0 saturated heterocycles. The highest BCUT2D eigenvalue weighted by Gasteiger charge is 2.14. The number of halogens is 1. The number of aromatic nitrogens is 2. The standard InChI is InChI=1S/C22H24ClN3O/c1-3-4-5-6-22(27)24-21-15-20(17-9-11-18(23)12-10-17)25-26(21)19-13-7-16(2)8-14-19/h7-15H,3-6H2,1-2H3,(H,24,27). The Morgan fingerprint density at radius 1 is 1.07 bits per heavy atom. The normalized spacial score (nSPS) is 10.8. The van der Waals surface area contributed by atoms with Crippen molar-refractivity contribution in [2.24, 2.45) is 0 Å². The van der Waals surface area contributed by atoms with Gasteiger partial charge in [-0.1, -0.05) is 61.2 Å². The lowest BCUT2D eigenvalue weighted by Crippen LogP contribution is -2.14. The number of benzene rings is 2. The Morgan fingerprint density at radius 2 is 1.78 bits per heavy atom. The number of rotatable bonds is 7. The average molecular weight is 382 g/mol. The number of nitrogens with one attached hydrogen (secondary N) is 1. The van der Waals surface area contributed by atoms with Gasteiger partial charge in [0.2, 0.25) is 5.91 Å². The van der Waals surface area contributed by atoms with Crippen molar-refractivity contribution in [1.29, 1.82) is 0 Å². The topological polar surface area (TPSA) is 46.9 Å². The zero-order valence-electron chi connectivity index (χ0n) is 15.7. The zero-order chi connectivity index (χ0) is 19.2. The molecule has 0 bridgehead atoms. The van der Waals surface area contributed by atoms with Crippen LogP contribution in [-0.4, -0.2) is 15.7 Å². The Labute approximate surface area is 165 Å². The van der Waals surface area contributed by atoms with Crippen LogP contribution in [-0.2, 0) is 4.79 Å². The van der Waals surface area contributed by atoms with Gasteiger partial charge in [-0.2, -0.15) is 5.10 Å². The molecular weight excluding hydrogens is 358 g/mol. The number of hydrogen-bond donors (Lipinski definition) is 1. The number of amides is 1. The third-order valence-electron chi connectivity index (χ3n) is 4.40. The van der Waals surface area contributed by atoms with Crippen molar-refractivity contribution in [1.82, 2.24) is 9.78 Å². The quantitative estimate of drug-likeness (QED) is 0.508. The third kappa shape index (κ3) is 4.98. The van der Waals surface area contributed by atoms with E-state index in [0.717, 1.165) is 36.2 Å². The van der Waals surface area contributed by atoms with Crippen LogP contribution in [0.5, 0.6) is 0 Å². The average Bonchev–Trinajstić information content (AvgIpc) is 3.07. The maximum absolute atomic E-state index is 12.3. The summed E-state index contributed by atoms with van der Waals surface area (Å²) in [6, 6.07) is 17.5. The van der Waals surface area contributed by atoms with E-state index in [2.05, 4.69) is 12.2 Å². The summed E-state index contributed by atoms with van der Waals surface area (Å²) < 4.78 is 1.78. The number of nitrogens with zero attached hydrogens (tertiary/aromatic N) is 2. The van der Waals surface area contributed by atoms with Crippen LogP contribution in [0, 0.1) is 6.92 Å². The lowest BCUT2D eigenvalue weighted by Gasteiger charge is -2.09. The number of carbonyl (C=O) groups excluding carboxylic acids is 1. The van der Waals surface area contributed by atoms with Crippen molar-refractivity contribution in [3.8, 4) is 16.9 Å². The first kappa shape index (κ1) is 19.2. The van der Waals surface area contributed by atoms with Crippen LogP contribution in [0.4, 0.5) is 5.82 Å². The molecule has 0 aliphatic heterocycles. The fraction of sp³-hybridized carbons (Fsp3) is 0.273. The molecule has 0 aliphatic rings. The second-order valence-electron chi connectivity index (χ2n) is 6.67. The first-order valence-electron chi connectivity index (χ1n) is 9.29. The van der Waals surface area contributed by atoms with Crippen molar-refractivity contribution >= 4 is 23.3 Å². The molecule has 0 fully saturated rings. The second kappa shape index (κ2) is 8.87. The second-order valence-corrected chi connectivity index (χ2v) is 7.11. The van der Waals surface area contributed by atoms with E-state index in [-0.39, 0.29) is 5.91 Å². The van der Waals surface area contributed by atoms with Crippen LogP contribution in [0.2, 0.25) is 5.02 Å². The van der Waals surface area contributed by atoms with E-state index in [4.69, 9.17) is 16.7 Å². The predicted octanol–water partition coefficient (Wildman–Crippen LogP) is 6.02. The van der Waals surface area contributed by atoms with Gasteiger partial charge in [-0.15, -0.1) is 0 Å². The van der Waals surface area contributed by atoms with E-state index >= 15 is 0 Å². The molecule has 4 nitrogen and oxygen atoms in total. The molecule has 0 unspecified atom stereocenters. The lowest BCUT2D eigenvalue weighted by molar-refractivity contribution is -0.116. The highest BCUT2D eigenvalue weighted by molar-refractivity contribution is 6.30. The number of unbranched alkanes of at least 4 members (excludes halogenated alkanes) is 2. The molecule has 1 N–H and O–H groups in total. The van der Waals surface area contributed by atoms with Gasteiger partial charge in [-0.05, 0) is 37.6 Å². The van der Waals surface area contributed by atoms with Gasteiger partial charge >= 0.3 is 0 Å². The summed E-state index contributed by atoms with van der Waals surface area (Å²) in [5.74, 6) is 0.685. The first-order chi connectivity index (χ1) is 13.1. The SMILES string of the molecule is CCCCCC(=O)Nc1cc(-c2ccc(Cl)cc2)nn1-c1ccc(C)cc1. The number of hydrogen-bond acceptors (Lipinski definition) is 2. The predicted molar refractivity (Wildman–Crippen MR) is 112 cm³/mol. The summed E-state index contributed by atoms with van der Waals surface area (Å²) in [6.07, 6.45) is 3.56. The molecule has 27 heavy (non-hydrogen) atoms. The minimum Gasteiger partial charge on any atom is -0.311 e. The van der Waals surface area contributed by atoms with E-state index in [1.807, 2.05) is 61.5 Å². The molecule has 0 spiro atoms. The summed E-state index contributed by atoms with van der Waals surface area (Å²) in [4.78, 5) is 12.3. The largest absolute Gasteiger partial charge is 0.311 e. The third-order valence-corrected chi connectivity index (χ3v) is 4.65. The van der Waals surface area contributed by atoms with Crippen LogP contribution in [0.3, 0.4) is 0 Å². The van der Waals surface area contributed by atoms with E-state index in [9.17, 15) is 4.79 Å². The van der Waals surface area contributed by atoms with Crippen molar-refractivity contribution in [3.05, 3.63) is 65.2 Å². The molecule has 1 heterocycles. The molecule has 3 rings (SSSR count). The number of anilines is 1. The van der Waals surface area contributed by atoms with Gasteiger partial charge in [-0.3, -0.25) is 4.79 Å². The Morgan fingerprint density at radius 3 is 2.44 bits per heavy atom. The Kier molecular flexibility index (Phi) is 6.30. The lowest BCUT2D eigenvalue weighted by atomic mass is 10.1. The van der Waals surface area contributed by atoms with Crippen LogP contribution >= 0.6 is 11.6 Å².